The van der Waals surface area contributed by atoms with Crippen molar-refractivity contribution in [2.45, 2.75) is 50.5 Å². The third kappa shape index (κ3) is 2.33. The number of benzene rings is 1. The van der Waals surface area contributed by atoms with Gasteiger partial charge in [0.1, 0.15) is 5.01 Å². The van der Waals surface area contributed by atoms with Crippen LogP contribution in [0.1, 0.15) is 64.3 Å². The van der Waals surface area contributed by atoms with Crippen molar-refractivity contribution in [1.82, 2.24) is 10.3 Å². The molecule has 1 N–H and O–H groups in total. The lowest BCUT2D eigenvalue weighted by Crippen LogP contribution is -2.21. The Balaban J connectivity index is 1.74. The Hall–Kier alpha value is -1.19. The number of fused-ring (bicyclic) bond motifs is 2. The summed E-state index contributed by atoms with van der Waals surface area (Å²) in [6.07, 6.45) is 7.53. The van der Waals surface area contributed by atoms with Crippen molar-refractivity contribution in [3.8, 4) is 0 Å². The first-order valence-corrected chi connectivity index (χ1v) is 8.93. The SMILES string of the molecule is CNC1CCCc2sc(C3CCCc4ccccc43)nc21. The Morgan fingerprint density at radius 1 is 1.14 bits per heavy atom. The van der Waals surface area contributed by atoms with Gasteiger partial charge < -0.3 is 5.32 Å². The van der Waals surface area contributed by atoms with E-state index in [9.17, 15) is 0 Å². The zero-order chi connectivity index (χ0) is 14.2. The third-order valence-electron chi connectivity index (χ3n) is 4.99. The number of aryl methyl sites for hydroxylation is 2. The predicted molar refractivity (Wildman–Crippen MR) is 88.1 cm³/mol. The fourth-order valence-electron chi connectivity index (χ4n) is 3.88. The number of hydrogen-bond acceptors (Lipinski definition) is 3. The van der Waals surface area contributed by atoms with E-state index in [1.807, 2.05) is 11.3 Å². The second-order valence-corrected chi connectivity index (χ2v) is 7.35. The van der Waals surface area contributed by atoms with Crippen molar-refractivity contribution in [2.75, 3.05) is 7.05 Å². The van der Waals surface area contributed by atoms with Gasteiger partial charge >= 0.3 is 0 Å². The van der Waals surface area contributed by atoms with E-state index in [2.05, 4.69) is 36.6 Å². The molecule has 0 fully saturated rings. The Morgan fingerprint density at radius 3 is 2.90 bits per heavy atom. The quantitative estimate of drug-likeness (QED) is 0.898. The lowest BCUT2D eigenvalue weighted by atomic mass is 9.83. The van der Waals surface area contributed by atoms with E-state index in [0.29, 0.717) is 12.0 Å². The number of aromatic nitrogens is 1. The Labute approximate surface area is 130 Å². The van der Waals surface area contributed by atoms with Crippen molar-refractivity contribution in [2.24, 2.45) is 0 Å². The normalized spacial score (nSPS) is 24.4. The molecule has 0 amide bonds. The highest BCUT2D eigenvalue weighted by atomic mass is 32.1. The molecule has 4 rings (SSSR count). The zero-order valence-electron chi connectivity index (χ0n) is 12.6. The fraction of sp³-hybridized carbons (Fsp3) is 0.500. The van der Waals surface area contributed by atoms with Crippen molar-refractivity contribution in [1.29, 1.82) is 0 Å². The first kappa shape index (κ1) is 13.5. The molecule has 0 radical (unpaired) electrons. The van der Waals surface area contributed by atoms with Crippen LogP contribution in [0.4, 0.5) is 0 Å². The molecule has 2 nitrogen and oxygen atoms in total. The van der Waals surface area contributed by atoms with Gasteiger partial charge in [0.25, 0.3) is 0 Å². The molecule has 2 aliphatic carbocycles. The van der Waals surface area contributed by atoms with Crippen molar-refractivity contribution in [3.05, 3.63) is 51.0 Å². The van der Waals surface area contributed by atoms with E-state index in [1.54, 1.807) is 0 Å². The average molecular weight is 298 g/mol. The van der Waals surface area contributed by atoms with Crippen LogP contribution in [0.3, 0.4) is 0 Å². The zero-order valence-corrected chi connectivity index (χ0v) is 13.4. The summed E-state index contributed by atoms with van der Waals surface area (Å²) in [6, 6.07) is 9.43. The molecule has 21 heavy (non-hydrogen) atoms. The molecule has 0 aliphatic heterocycles. The van der Waals surface area contributed by atoms with Crippen molar-refractivity contribution in [3.63, 3.8) is 0 Å². The average Bonchev–Trinajstić information content (AvgIpc) is 2.98. The number of rotatable bonds is 2. The Bertz CT molecular complexity index is 646. The van der Waals surface area contributed by atoms with Crippen LogP contribution in [-0.2, 0) is 12.8 Å². The number of nitrogens with one attached hydrogen (secondary N) is 1. The summed E-state index contributed by atoms with van der Waals surface area (Å²) >= 11 is 1.97. The summed E-state index contributed by atoms with van der Waals surface area (Å²) < 4.78 is 0. The first-order valence-electron chi connectivity index (χ1n) is 8.11. The molecule has 3 heteroatoms. The molecule has 1 heterocycles. The van der Waals surface area contributed by atoms with E-state index in [1.165, 1.54) is 65.2 Å². The number of hydrogen-bond donors (Lipinski definition) is 1. The molecule has 0 saturated carbocycles. The lowest BCUT2D eigenvalue weighted by molar-refractivity contribution is 0.487. The van der Waals surface area contributed by atoms with Crippen molar-refractivity contribution >= 4 is 11.3 Å². The predicted octanol–water partition coefficient (Wildman–Crippen LogP) is 4.21. The highest BCUT2D eigenvalue weighted by Gasteiger charge is 2.29. The van der Waals surface area contributed by atoms with Gasteiger partial charge in [-0.15, -0.1) is 11.3 Å². The molecule has 2 unspecified atom stereocenters. The van der Waals surface area contributed by atoms with Crippen LogP contribution < -0.4 is 5.32 Å². The minimum absolute atomic E-state index is 0.470. The van der Waals surface area contributed by atoms with Gasteiger partial charge in [-0.1, -0.05) is 24.3 Å². The van der Waals surface area contributed by atoms with E-state index in [-0.39, 0.29) is 0 Å². The molecule has 2 aromatic rings. The maximum Gasteiger partial charge on any atom is 0.101 e. The third-order valence-corrected chi connectivity index (χ3v) is 6.23. The smallest absolute Gasteiger partial charge is 0.101 e. The van der Waals surface area contributed by atoms with Gasteiger partial charge in [-0.3, -0.25) is 0 Å². The van der Waals surface area contributed by atoms with Gasteiger partial charge in [0.05, 0.1) is 11.7 Å². The first-order chi connectivity index (χ1) is 10.4. The molecule has 2 atom stereocenters. The molecule has 0 bridgehead atoms. The van der Waals surface area contributed by atoms with Gasteiger partial charge in [-0.2, -0.15) is 0 Å². The topological polar surface area (TPSA) is 24.9 Å². The van der Waals surface area contributed by atoms with Crippen LogP contribution in [0, 0.1) is 0 Å². The molecular formula is C18H22N2S. The van der Waals surface area contributed by atoms with Crippen LogP contribution in [0.2, 0.25) is 0 Å². The standard InChI is InChI=1S/C18H22N2S/c1-19-15-10-5-11-16-17(15)20-18(21-16)14-9-4-7-12-6-2-3-8-13(12)14/h2-3,6,8,14-15,19H,4-5,7,9-11H2,1H3. The number of thiazole rings is 1. The van der Waals surface area contributed by atoms with E-state index in [0.717, 1.165) is 0 Å². The second kappa shape index (κ2) is 5.54. The van der Waals surface area contributed by atoms with Gasteiger partial charge in [0, 0.05) is 10.8 Å². The largest absolute Gasteiger partial charge is 0.312 e. The summed E-state index contributed by atoms with van der Waals surface area (Å²) in [6.45, 7) is 0. The maximum absolute atomic E-state index is 5.08. The molecular weight excluding hydrogens is 276 g/mol. The summed E-state index contributed by atoms with van der Waals surface area (Å²) in [5.74, 6) is 0.531. The van der Waals surface area contributed by atoms with Crippen LogP contribution in [-0.4, -0.2) is 12.0 Å². The van der Waals surface area contributed by atoms with Gasteiger partial charge in [-0.25, -0.2) is 4.98 Å². The van der Waals surface area contributed by atoms with E-state index < -0.39 is 0 Å². The van der Waals surface area contributed by atoms with Gasteiger partial charge in [0.15, 0.2) is 0 Å². The lowest BCUT2D eigenvalue weighted by Gasteiger charge is -2.23. The van der Waals surface area contributed by atoms with Crippen LogP contribution in [0.25, 0.3) is 0 Å². The monoisotopic (exact) mass is 298 g/mol. The van der Waals surface area contributed by atoms with Crippen LogP contribution >= 0.6 is 11.3 Å². The summed E-state index contributed by atoms with van der Waals surface area (Å²) in [4.78, 5) is 6.61. The molecule has 2 aliphatic rings. The molecule has 110 valence electrons. The molecule has 0 spiro atoms. The highest BCUT2D eigenvalue weighted by molar-refractivity contribution is 7.11. The summed E-state index contributed by atoms with van der Waals surface area (Å²) in [5.41, 5.74) is 4.40. The fourth-order valence-corrected chi connectivity index (χ4v) is 5.20. The highest BCUT2D eigenvalue weighted by Crippen LogP contribution is 2.41. The Morgan fingerprint density at radius 2 is 2.00 bits per heavy atom. The Kier molecular flexibility index (Phi) is 3.56. The number of nitrogens with zero attached hydrogens (tertiary/aromatic N) is 1. The van der Waals surface area contributed by atoms with Crippen molar-refractivity contribution < 1.29 is 0 Å². The minimum Gasteiger partial charge on any atom is -0.312 e. The van der Waals surface area contributed by atoms with E-state index in [4.69, 9.17) is 4.98 Å². The van der Waals surface area contributed by atoms with Crippen LogP contribution in [0.15, 0.2) is 24.3 Å². The second-order valence-electron chi connectivity index (χ2n) is 6.24. The van der Waals surface area contributed by atoms with Gasteiger partial charge in [-0.05, 0) is 56.7 Å². The minimum atomic E-state index is 0.470. The van der Waals surface area contributed by atoms with E-state index >= 15 is 0 Å². The molecule has 1 aromatic carbocycles. The van der Waals surface area contributed by atoms with Gasteiger partial charge in [0.2, 0.25) is 0 Å². The summed E-state index contributed by atoms with van der Waals surface area (Å²) in [5, 5.41) is 4.80. The summed E-state index contributed by atoms with van der Waals surface area (Å²) in [7, 11) is 2.06. The van der Waals surface area contributed by atoms with Crippen LogP contribution in [0.5, 0.6) is 0 Å². The molecule has 1 aromatic heterocycles. The molecule has 0 saturated heterocycles. The maximum atomic E-state index is 5.08.